The molecule has 1 aromatic rings. The van der Waals surface area contributed by atoms with Gasteiger partial charge in [-0.2, -0.15) is 0 Å². The summed E-state index contributed by atoms with van der Waals surface area (Å²) in [7, 11) is 2.00. The van der Waals surface area contributed by atoms with E-state index in [0.29, 0.717) is 12.1 Å². The van der Waals surface area contributed by atoms with Gasteiger partial charge in [0.2, 0.25) is 0 Å². The molecule has 0 fully saturated rings. The van der Waals surface area contributed by atoms with E-state index in [0.717, 1.165) is 30.8 Å². The Morgan fingerprint density at radius 2 is 2.35 bits per heavy atom. The first-order valence-electron chi connectivity index (χ1n) is 6.43. The number of fused-ring (bicyclic) bond motifs is 1. The van der Waals surface area contributed by atoms with Crippen LogP contribution in [0.15, 0.2) is 18.2 Å². The molecule has 1 heterocycles. The molecular weight excluding hydrogens is 212 g/mol. The van der Waals surface area contributed by atoms with Crippen molar-refractivity contribution in [3.63, 3.8) is 0 Å². The van der Waals surface area contributed by atoms with Crippen LogP contribution >= 0.6 is 0 Å². The molecule has 1 aliphatic rings. The van der Waals surface area contributed by atoms with Crippen molar-refractivity contribution in [2.75, 3.05) is 18.9 Å². The van der Waals surface area contributed by atoms with Gasteiger partial charge in [0.15, 0.2) is 0 Å². The molecule has 0 aliphatic carbocycles. The highest BCUT2D eigenvalue weighted by Gasteiger charge is 2.17. The monoisotopic (exact) mass is 234 g/mol. The number of rotatable bonds is 4. The zero-order valence-electron chi connectivity index (χ0n) is 10.9. The van der Waals surface area contributed by atoms with Gasteiger partial charge in [-0.1, -0.05) is 13.0 Å². The third-order valence-electron chi connectivity index (χ3n) is 3.35. The van der Waals surface area contributed by atoms with Crippen molar-refractivity contribution in [3.05, 3.63) is 23.8 Å². The van der Waals surface area contributed by atoms with E-state index in [1.165, 1.54) is 5.56 Å². The van der Waals surface area contributed by atoms with Gasteiger partial charge in [-0.05, 0) is 44.5 Å². The molecule has 1 aromatic carbocycles. The van der Waals surface area contributed by atoms with Gasteiger partial charge in [0.25, 0.3) is 0 Å². The summed E-state index contributed by atoms with van der Waals surface area (Å²) in [6.07, 6.45) is 2.40. The van der Waals surface area contributed by atoms with Gasteiger partial charge in [0, 0.05) is 6.04 Å². The Morgan fingerprint density at radius 3 is 3.06 bits per heavy atom. The number of nitrogens with one attached hydrogen (secondary N) is 2. The van der Waals surface area contributed by atoms with E-state index >= 15 is 0 Å². The minimum atomic E-state index is 0.310. The molecule has 0 saturated heterocycles. The molecule has 2 unspecified atom stereocenters. The normalized spacial score (nSPS) is 20.1. The van der Waals surface area contributed by atoms with Crippen LogP contribution in [0.2, 0.25) is 0 Å². The smallest absolute Gasteiger partial charge is 0.142 e. The third-order valence-corrected chi connectivity index (χ3v) is 3.35. The summed E-state index contributed by atoms with van der Waals surface area (Å²) in [6.45, 7) is 5.26. The molecule has 0 bridgehead atoms. The minimum Gasteiger partial charge on any atom is -0.486 e. The fraction of sp³-hybridized carbons (Fsp3) is 0.571. The second-order valence-electron chi connectivity index (χ2n) is 4.75. The number of hydrogen-bond acceptors (Lipinski definition) is 3. The van der Waals surface area contributed by atoms with Crippen LogP contribution in [-0.4, -0.2) is 25.7 Å². The van der Waals surface area contributed by atoms with Crippen LogP contribution in [0.25, 0.3) is 0 Å². The predicted molar refractivity (Wildman–Crippen MR) is 71.9 cm³/mol. The van der Waals surface area contributed by atoms with E-state index in [2.05, 4.69) is 42.7 Å². The van der Waals surface area contributed by atoms with Gasteiger partial charge in [-0.3, -0.25) is 0 Å². The number of benzene rings is 1. The van der Waals surface area contributed by atoms with E-state index in [1.807, 2.05) is 7.05 Å². The summed E-state index contributed by atoms with van der Waals surface area (Å²) in [5, 5.41) is 6.71. The Kier molecular flexibility index (Phi) is 3.89. The zero-order chi connectivity index (χ0) is 12.3. The van der Waals surface area contributed by atoms with Crippen molar-refractivity contribution >= 4 is 5.69 Å². The maximum atomic E-state index is 5.89. The van der Waals surface area contributed by atoms with E-state index < -0.39 is 0 Å². The van der Waals surface area contributed by atoms with Gasteiger partial charge in [0.05, 0.1) is 12.2 Å². The molecular formula is C14H22N2O. The molecule has 2 N–H and O–H groups in total. The third kappa shape index (κ3) is 2.91. The van der Waals surface area contributed by atoms with Gasteiger partial charge in [0.1, 0.15) is 11.9 Å². The quantitative estimate of drug-likeness (QED) is 0.839. The SMILES string of the molecule is CCC1CNc2cc(CC(C)NC)ccc2O1. The Balaban J connectivity index is 2.10. The van der Waals surface area contributed by atoms with Crippen LogP contribution in [0.4, 0.5) is 5.69 Å². The zero-order valence-corrected chi connectivity index (χ0v) is 10.9. The first kappa shape index (κ1) is 12.2. The molecule has 17 heavy (non-hydrogen) atoms. The van der Waals surface area contributed by atoms with Crippen molar-refractivity contribution in [2.24, 2.45) is 0 Å². The molecule has 0 radical (unpaired) electrons. The summed E-state index contributed by atoms with van der Waals surface area (Å²) < 4.78 is 5.89. The first-order valence-corrected chi connectivity index (χ1v) is 6.43. The lowest BCUT2D eigenvalue weighted by molar-refractivity contribution is 0.202. The number of likely N-dealkylation sites (N-methyl/N-ethyl adjacent to an activating group) is 1. The van der Waals surface area contributed by atoms with Crippen LogP contribution in [0.1, 0.15) is 25.8 Å². The van der Waals surface area contributed by atoms with Crippen LogP contribution in [0.3, 0.4) is 0 Å². The van der Waals surface area contributed by atoms with Crippen molar-refractivity contribution in [3.8, 4) is 5.75 Å². The second-order valence-corrected chi connectivity index (χ2v) is 4.75. The van der Waals surface area contributed by atoms with Crippen molar-refractivity contribution in [2.45, 2.75) is 38.8 Å². The van der Waals surface area contributed by atoms with Crippen LogP contribution in [0, 0.1) is 0 Å². The summed E-state index contributed by atoms with van der Waals surface area (Å²) in [4.78, 5) is 0. The molecule has 0 amide bonds. The fourth-order valence-electron chi connectivity index (χ4n) is 2.07. The lowest BCUT2D eigenvalue weighted by atomic mass is 10.1. The summed E-state index contributed by atoms with van der Waals surface area (Å²) in [5.74, 6) is 0.990. The van der Waals surface area contributed by atoms with Crippen LogP contribution < -0.4 is 15.4 Å². The average Bonchev–Trinajstić information content (AvgIpc) is 2.38. The largest absolute Gasteiger partial charge is 0.486 e. The van der Waals surface area contributed by atoms with Crippen LogP contribution in [-0.2, 0) is 6.42 Å². The minimum absolute atomic E-state index is 0.310. The van der Waals surface area contributed by atoms with Gasteiger partial charge in [-0.15, -0.1) is 0 Å². The highest BCUT2D eigenvalue weighted by molar-refractivity contribution is 5.59. The number of ether oxygens (including phenoxy) is 1. The summed E-state index contributed by atoms with van der Waals surface area (Å²) in [5.41, 5.74) is 2.48. The Morgan fingerprint density at radius 1 is 1.53 bits per heavy atom. The maximum absolute atomic E-state index is 5.89. The molecule has 94 valence electrons. The molecule has 3 heteroatoms. The molecule has 3 nitrogen and oxygen atoms in total. The standard InChI is InChI=1S/C14H22N2O/c1-4-12-9-16-13-8-11(7-10(2)15-3)5-6-14(13)17-12/h5-6,8,10,12,15-16H,4,7,9H2,1-3H3. The van der Waals surface area contributed by atoms with E-state index in [9.17, 15) is 0 Å². The van der Waals surface area contributed by atoms with Crippen molar-refractivity contribution in [1.29, 1.82) is 0 Å². The summed E-state index contributed by atoms with van der Waals surface area (Å²) >= 11 is 0. The highest BCUT2D eigenvalue weighted by Crippen LogP contribution is 2.30. The molecule has 0 spiro atoms. The average molecular weight is 234 g/mol. The second kappa shape index (κ2) is 5.41. The van der Waals surface area contributed by atoms with E-state index in [-0.39, 0.29) is 0 Å². The van der Waals surface area contributed by atoms with Crippen molar-refractivity contribution in [1.82, 2.24) is 5.32 Å². The fourth-order valence-corrected chi connectivity index (χ4v) is 2.07. The Labute approximate surface area is 104 Å². The number of hydrogen-bond donors (Lipinski definition) is 2. The van der Waals surface area contributed by atoms with Crippen molar-refractivity contribution < 1.29 is 4.74 Å². The number of anilines is 1. The Bertz CT molecular complexity index is 378. The molecule has 2 rings (SSSR count). The summed E-state index contributed by atoms with van der Waals surface area (Å²) in [6, 6.07) is 6.95. The lowest BCUT2D eigenvalue weighted by Crippen LogP contribution is -2.30. The lowest BCUT2D eigenvalue weighted by Gasteiger charge is -2.27. The van der Waals surface area contributed by atoms with Gasteiger partial charge < -0.3 is 15.4 Å². The Hall–Kier alpha value is -1.22. The van der Waals surface area contributed by atoms with E-state index in [4.69, 9.17) is 4.74 Å². The topological polar surface area (TPSA) is 33.3 Å². The van der Waals surface area contributed by atoms with E-state index in [1.54, 1.807) is 0 Å². The van der Waals surface area contributed by atoms with Gasteiger partial charge >= 0.3 is 0 Å². The molecule has 2 atom stereocenters. The molecule has 0 saturated carbocycles. The highest BCUT2D eigenvalue weighted by atomic mass is 16.5. The molecule has 0 aromatic heterocycles. The van der Waals surface area contributed by atoms with Crippen LogP contribution in [0.5, 0.6) is 5.75 Å². The molecule has 1 aliphatic heterocycles. The predicted octanol–water partition coefficient (Wildman–Crippen LogP) is 2.42. The van der Waals surface area contributed by atoms with Gasteiger partial charge in [-0.25, -0.2) is 0 Å². The maximum Gasteiger partial charge on any atom is 0.142 e. The first-order chi connectivity index (χ1) is 8.22.